The fraction of sp³-hybridized carbons (Fsp3) is 0.417. The lowest BCUT2D eigenvalue weighted by Crippen LogP contribution is -2.28. The number of halogens is 1. The molecule has 0 aromatic heterocycles. The predicted octanol–water partition coefficient (Wildman–Crippen LogP) is 2.16. The molecule has 0 saturated carbocycles. The van der Waals surface area contributed by atoms with Gasteiger partial charge in [0.05, 0.1) is 7.11 Å². The first kappa shape index (κ1) is 13.8. The largest absolute Gasteiger partial charge is 0.504 e. The first-order chi connectivity index (χ1) is 8.08. The Hall–Kier alpha value is -1.23. The lowest BCUT2D eigenvalue weighted by atomic mass is 10.1. The summed E-state index contributed by atoms with van der Waals surface area (Å²) >= 11 is 3.34. The highest BCUT2D eigenvalue weighted by atomic mass is 79.9. The number of aromatic hydroxyl groups is 1. The van der Waals surface area contributed by atoms with Gasteiger partial charge in [-0.15, -0.1) is 0 Å². The minimum Gasteiger partial charge on any atom is -0.504 e. The van der Waals surface area contributed by atoms with Gasteiger partial charge in [0.25, 0.3) is 5.91 Å². The molecule has 1 unspecified atom stereocenters. The van der Waals surface area contributed by atoms with E-state index in [1.54, 1.807) is 12.1 Å². The zero-order valence-electron chi connectivity index (χ0n) is 9.87. The van der Waals surface area contributed by atoms with Gasteiger partial charge < -0.3 is 15.2 Å². The van der Waals surface area contributed by atoms with E-state index in [1.807, 2.05) is 6.92 Å². The molecule has 1 rings (SSSR count). The fourth-order valence-corrected chi connectivity index (χ4v) is 1.48. The number of carbonyl (C=O) groups is 1. The first-order valence-corrected chi connectivity index (χ1v) is 6.41. The Kier molecular flexibility index (Phi) is 5.28. The number of ether oxygens (including phenoxy) is 1. The number of phenolic OH excluding ortho intramolecular Hbond substituents is 1. The van der Waals surface area contributed by atoms with E-state index in [0.717, 1.165) is 5.33 Å². The maximum absolute atomic E-state index is 11.7. The van der Waals surface area contributed by atoms with Crippen LogP contribution in [-0.2, 0) is 0 Å². The molecule has 0 aliphatic heterocycles. The van der Waals surface area contributed by atoms with Crippen LogP contribution in [0.2, 0.25) is 0 Å². The maximum Gasteiger partial charge on any atom is 0.251 e. The quantitative estimate of drug-likeness (QED) is 0.820. The van der Waals surface area contributed by atoms with Gasteiger partial charge in [-0.05, 0) is 24.1 Å². The van der Waals surface area contributed by atoms with Crippen LogP contribution in [0.4, 0.5) is 0 Å². The Morgan fingerprint density at radius 3 is 2.82 bits per heavy atom. The van der Waals surface area contributed by atoms with E-state index in [4.69, 9.17) is 4.74 Å². The third kappa shape index (κ3) is 3.93. The number of phenols is 1. The van der Waals surface area contributed by atoms with Gasteiger partial charge in [0.1, 0.15) is 0 Å². The normalized spacial score (nSPS) is 11.9. The predicted molar refractivity (Wildman–Crippen MR) is 70.0 cm³/mol. The zero-order valence-corrected chi connectivity index (χ0v) is 11.5. The molecule has 2 N–H and O–H groups in total. The summed E-state index contributed by atoms with van der Waals surface area (Å²) in [6, 6.07) is 4.58. The number of carbonyl (C=O) groups excluding carboxylic acids is 1. The molecule has 17 heavy (non-hydrogen) atoms. The fourth-order valence-electron chi connectivity index (χ4n) is 1.25. The molecule has 0 radical (unpaired) electrons. The number of nitrogens with one attached hydrogen (secondary N) is 1. The Balaban J connectivity index is 2.66. The van der Waals surface area contributed by atoms with Crippen molar-refractivity contribution in [2.24, 2.45) is 5.92 Å². The van der Waals surface area contributed by atoms with Crippen molar-refractivity contribution in [3.8, 4) is 11.5 Å². The van der Waals surface area contributed by atoms with Crippen LogP contribution in [0.3, 0.4) is 0 Å². The lowest BCUT2D eigenvalue weighted by Gasteiger charge is -2.10. The Morgan fingerprint density at radius 2 is 2.29 bits per heavy atom. The van der Waals surface area contributed by atoms with Crippen molar-refractivity contribution in [3.63, 3.8) is 0 Å². The molecule has 0 bridgehead atoms. The van der Waals surface area contributed by atoms with E-state index in [9.17, 15) is 9.90 Å². The molecular weight excluding hydrogens is 286 g/mol. The Morgan fingerprint density at radius 1 is 1.59 bits per heavy atom. The molecule has 0 aliphatic rings. The molecule has 1 amide bonds. The summed E-state index contributed by atoms with van der Waals surface area (Å²) in [4.78, 5) is 11.7. The number of rotatable bonds is 5. The molecule has 4 nitrogen and oxygen atoms in total. The van der Waals surface area contributed by atoms with Crippen LogP contribution in [0.15, 0.2) is 18.2 Å². The second-order valence-corrected chi connectivity index (χ2v) is 4.50. The average molecular weight is 302 g/mol. The van der Waals surface area contributed by atoms with E-state index in [-0.39, 0.29) is 11.7 Å². The van der Waals surface area contributed by atoms with Crippen molar-refractivity contribution in [1.29, 1.82) is 0 Å². The maximum atomic E-state index is 11.7. The summed E-state index contributed by atoms with van der Waals surface area (Å²) < 4.78 is 4.91. The van der Waals surface area contributed by atoms with E-state index in [2.05, 4.69) is 21.2 Å². The van der Waals surface area contributed by atoms with Gasteiger partial charge >= 0.3 is 0 Å². The van der Waals surface area contributed by atoms with Crippen LogP contribution in [0.5, 0.6) is 11.5 Å². The van der Waals surface area contributed by atoms with Crippen molar-refractivity contribution in [3.05, 3.63) is 23.8 Å². The number of hydrogen-bond donors (Lipinski definition) is 2. The molecule has 1 atom stereocenters. The minimum atomic E-state index is -0.198. The van der Waals surface area contributed by atoms with Crippen molar-refractivity contribution in [2.45, 2.75) is 6.92 Å². The second-order valence-electron chi connectivity index (χ2n) is 3.86. The minimum absolute atomic E-state index is 0.0336. The molecule has 0 fully saturated rings. The monoisotopic (exact) mass is 301 g/mol. The molecule has 5 heteroatoms. The van der Waals surface area contributed by atoms with Crippen molar-refractivity contribution in [1.82, 2.24) is 5.32 Å². The van der Waals surface area contributed by atoms with Gasteiger partial charge in [0, 0.05) is 17.4 Å². The average Bonchev–Trinajstić information content (AvgIpc) is 2.35. The number of amides is 1. The molecule has 0 heterocycles. The van der Waals surface area contributed by atoms with Crippen LogP contribution < -0.4 is 10.1 Å². The Labute approximate surface area is 109 Å². The topological polar surface area (TPSA) is 58.6 Å². The molecule has 0 aliphatic carbocycles. The molecule has 0 saturated heterocycles. The first-order valence-electron chi connectivity index (χ1n) is 5.29. The van der Waals surface area contributed by atoms with E-state index in [1.165, 1.54) is 13.2 Å². The number of alkyl halides is 1. The number of benzene rings is 1. The van der Waals surface area contributed by atoms with Gasteiger partial charge in [0.2, 0.25) is 0 Å². The van der Waals surface area contributed by atoms with Crippen LogP contribution in [0.1, 0.15) is 17.3 Å². The lowest BCUT2D eigenvalue weighted by molar-refractivity contribution is 0.0949. The standard InChI is InChI=1S/C12H16BrNO3/c1-8(6-13)7-14-12(16)9-3-4-11(17-2)10(15)5-9/h3-5,8,15H,6-7H2,1-2H3,(H,14,16). The van der Waals surface area contributed by atoms with Gasteiger partial charge in [-0.1, -0.05) is 22.9 Å². The van der Waals surface area contributed by atoms with E-state index in [0.29, 0.717) is 23.8 Å². The highest BCUT2D eigenvalue weighted by molar-refractivity contribution is 9.09. The summed E-state index contributed by atoms with van der Waals surface area (Å²) in [5.41, 5.74) is 0.421. The third-order valence-electron chi connectivity index (χ3n) is 2.32. The molecule has 1 aromatic carbocycles. The summed E-state index contributed by atoms with van der Waals surface area (Å²) in [7, 11) is 1.46. The van der Waals surface area contributed by atoms with E-state index < -0.39 is 0 Å². The Bertz CT molecular complexity index is 395. The number of hydrogen-bond acceptors (Lipinski definition) is 3. The van der Waals surface area contributed by atoms with Gasteiger partial charge in [-0.25, -0.2) is 0 Å². The molecule has 94 valence electrons. The highest BCUT2D eigenvalue weighted by Gasteiger charge is 2.10. The van der Waals surface area contributed by atoms with Gasteiger partial charge in [-0.3, -0.25) is 4.79 Å². The van der Waals surface area contributed by atoms with Gasteiger partial charge in [-0.2, -0.15) is 0 Å². The summed E-state index contributed by atoms with van der Waals surface area (Å²) in [6.45, 7) is 2.62. The molecule has 1 aromatic rings. The van der Waals surface area contributed by atoms with Crippen molar-refractivity contribution >= 4 is 21.8 Å². The summed E-state index contributed by atoms with van der Waals surface area (Å²) in [6.07, 6.45) is 0. The zero-order chi connectivity index (χ0) is 12.8. The van der Waals surface area contributed by atoms with Crippen molar-refractivity contribution in [2.75, 3.05) is 19.0 Å². The van der Waals surface area contributed by atoms with Crippen molar-refractivity contribution < 1.29 is 14.6 Å². The number of methoxy groups -OCH3 is 1. The van der Waals surface area contributed by atoms with Crippen LogP contribution in [0, 0.1) is 5.92 Å². The van der Waals surface area contributed by atoms with Crippen LogP contribution >= 0.6 is 15.9 Å². The second kappa shape index (κ2) is 6.49. The SMILES string of the molecule is COc1ccc(C(=O)NCC(C)CBr)cc1O. The smallest absolute Gasteiger partial charge is 0.251 e. The summed E-state index contributed by atoms with van der Waals surface area (Å²) in [5.74, 6) is 0.491. The van der Waals surface area contributed by atoms with Crippen LogP contribution in [-0.4, -0.2) is 30.0 Å². The summed E-state index contributed by atoms with van der Waals surface area (Å²) in [5, 5.41) is 13.2. The third-order valence-corrected chi connectivity index (χ3v) is 3.42. The highest BCUT2D eigenvalue weighted by Crippen LogP contribution is 2.26. The van der Waals surface area contributed by atoms with Crippen LogP contribution in [0.25, 0.3) is 0 Å². The van der Waals surface area contributed by atoms with Gasteiger partial charge in [0.15, 0.2) is 11.5 Å². The van der Waals surface area contributed by atoms with E-state index >= 15 is 0 Å². The molecule has 0 spiro atoms. The molecular formula is C12H16BrNO3.